The number of benzene rings is 1. The average Bonchev–Trinajstić information content (AvgIpc) is 3.54. The van der Waals surface area contributed by atoms with Crippen LogP contribution in [0.3, 0.4) is 0 Å². The van der Waals surface area contributed by atoms with E-state index in [4.69, 9.17) is 0 Å². The molecule has 1 saturated heterocycles. The molecule has 0 radical (unpaired) electrons. The maximum Gasteiger partial charge on any atom is 0.276 e. The van der Waals surface area contributed by atoms with E-state index in [2.05, 4.69) is 15.3 Å². The fourth-order valence-corrected chi connectivity index (χ4v) is 6.65. The first-order chi connectivity index (χ1) is 16.4. The van der Waals surface area contributed by atoms with Crippen LogP contribution in [0.25, 0.3) is 0 Å². The quantitative estimate of drug-likeness (QED) is 0.580. The van der Waals surface area contributed by atoms with Crippen molar-refractivity contribution in [1.82, 2.24) is 19.2 Å². The topological polar surface area (TPSA) is 113 Å². The Kier molecular flexibility index (Phi) is 6.15. The number of rotatable bonds is 5. The van der Waals surface area contributed by atoms with Gasteiger partial charge in [0.05, 0.1) is 17.1 Å². The second kappa shape index (κ2) is 9.24. The van der Waals surface area contributed by atoms with E-state index in [1.54, 1.807) is 41.4 Å². The lowest BCUT2D eigenvalue weighted by Crippen LogP contribution is -2.35. The zero-order chi connectivity index (χ0) is 23.7. The van der Waals surface area contributed by atoms with Crippen molar-refractivity contribution in [1.29, 1.82) is 0 Å². The number of amides is 2. The molecule has 0 bridgehead atoms. The SMILES string of the molecule is O=C(Nc1nc2c(s1)CN(C(=O)c1ccc(S(=O)(=O)N3CCCC3)cc1)CC2)c1ccccn1. The summed E-state index contributed by atoms with van der Waals surface area (Å²) in [6.07, 6.45) is 3.88. The van der Waals surface area contributed by atoms with Crippen LogP contribution in [0.4, 0.5) is 5.13 Å². The number of nitrogens with zero attached hydrogens (tertiary/aromatic N) is 4. The molecule has 1 aromatic carbocycles. The van der Waals surface area contributed by atoms with Gasteiger partial charge in [0.1, 0.15) is 5.69 Å². The molecule has 0 spiro atoms. The molecule has 34 heavy (non-hydrogen) atoms. The first kappa shape index (κ1) is 22.6. The Bertz CT molecular complexity index is 1320. The van der Waals surface area contributed by atoms with Gasteiger partial charge in [-0.1, -0.05) is 17.4 Å². The number of hydrogen-bond acceptors (Lipinski definition) is 7. The monoisotopic (exact) mass is 497 g/mol. The minimum atomic E-state index is -3.51. The summed E-state index contributed by atoms with van der Waals surface area (Å²) in [4.78, 5) is 36.8. The largest absolute Gasteiger partial charge is 0.333 e. The zero-order valence-electron chi connectivity index (χ0n) is 18.3. The molecular weight excluding hydrogens is 474 g/mol. The summed E-state index contributed by atoms with van der Waals surface area (Å²) >= 11 is 1.35. The molecule has 2 aliphatic rings. The molecule has 2 aromatic heterocycles. The summed E-state index contributed by atoms with van der Waals surface area (Å²) < 4.78 is 26.9. The van der Waals surface area contributed by atoms with E-state index in [9.17, 15) is 18.0 Å². The van der Waals surface area contributed by atoms with Gasteiger partial charge in [-0.05, 0) is 49.2 Å². The third-order valence-corrected chi connectivity index (χ3v) is 8.85. The van der Waals surface area contributed by atoms with Crippen molar-refractivity contribution < 1.29 is 18.0 Å². The van der Waals surface area contributed by atoms with Crippen molar-refractivity contribution >= 4 is 38.3 Å². The first-order valence-electron chi connectivity index (χ1n) is 11.0. The zero-order valence-corrected chi connectivity index (χ0v) is 19.9. The summed E-state index contributed by atoms with van der Waals surface area (Å²) in [5.74, 6) is -0.494. The van der Waals surface area contributed by atoms with Crippen LogP contribution in [0.1, 0.15) is 44.3 Å². The number of hydrogen-bond donors (Lipinski definition) is 1. The third kappa shape index (κ3) is 4.46. The standard InChI is InChI=1S/C23H23N5O4S2/c29-21(19-5-1-2-11-24-19)26-23-25-18-10-14-27(15-20(18)33-23)22(30)16-6-8-17(9-7-16)34(31,32)28-12-3-4-13-28/h1-2,5-9,11H,3-4,10,12-15H2,(H,25,26,29). The minimum absolute atomic E-state index is 0.164. The fraction of sp³-hybridized carbons (Fsp3) is 0.304. The molecular formula is C23H23N5O4S2. The summed E-state index contributed by atoms with van der Waals surface area (Å²) in [5, 5.41) is 3.25. The van der Waals surface area contributed by atoms with Gasteiger partial charge in [0.15, 0.2) is 5.13 Å². The van der Waals surface area contributed by atoms with Crippen LogP contribution in [-0.2, 0) is 23.0 Å². The second-order valence-corrected chi connectivity index (χ2v) is 11.2. The molecule has 3 aromatic rings. The van der Waals surface area contributed by atoms with Crippen LogP contribution < -0.4 is 5.32 Å². The molecule has 2 amide bonds. The van der Waals surface area contributed by atoms with Gasteiger partial charge in [0.25, 0.3) is 11.8 Å². The highest BCUT2D eigenvalue weighted by molar-refractivity contribution is 7.89. The molecule has 0 unspecified atom stereocenters. The molecule has 5 rings (SSSR count). The lowest BCUT2D eigenvalue weighted by molar-refractivity contribution is 0.0736. The maximum atomic E-state index is 13.1. The van der Waals surface area contributed by atoms with Crippen LogP contribution in [0, 0.1) is 0 Å². The van der Waals surface area contributed by atoms with E-state index in [0.29, 0.717) is 49.0 Å². The molecule has 0 atom stereocenters. The highest BCUT2D eigenvalue weighted by Crippen LogP contribution is 2.29. The summed E-state index contributed by atoms with van der Waals surface area (Å²) in [7, 11) is -3.51. The Morgan fingerprint density at radius 3 is 2.47 bits per heavy atom. The molecule has 4 heterocycles. The van der Waals surface area contributed by atoms with Gasteiger partial charge in [-0.2, -0.15) is 4.31 Å². The maximum absolute atomic E-state index is 13.1. The van der Waals surface area contributed by atoms with E-state index in [-0.39, 0.29) is 16.7 Å². The molecule has 9 nitrogen and oxygen atoms in total. The van der Waals surface area contributed by atoms with Gasteiger partial charge >= 0.3 is 0 Å². The molecule has 0 aliphatic carbocycles. The van der Waals surface area contributed by atoms with Crippen molar-refractivity contribution in [3.05, 3.63) is 70.5 Å². The van der Waals surface area contributed by atoms with Crippen molar-refractivity contribution in [3.63, 3.8) is 0 Å². The Balaban J connectivity index is 1.26. The molecule has 1 fully saturated rings. The lowest BCUT2D eigenvalue weighted by atomic mass is 10.1. The van der Waals surface area contributed by atoms with Crippen molar-refractivity contribution in [2.45, 2.75) is 30.7 Å². The smallest absolute Gasteiger partial charge is 0.276 e. The Hall–Kier alpha value is -3.15. The second-order valence-electron chi connectivity index (χ2n) is 8.17. The van der Waals surface area contributed by atoms with Crippen LogP contribution >= 0.6 is 11.3 Å². The van der Waals surface area contributed by atoms with Gasteiger partial charge in [-0.15, -0.1) is 0 Å². The number of fused-ring (bicyclic) bond motifs is 1. The summed E-state index contributed by atoms with van der Waals surface area (Å²) in [5.41, 5.74) is 1.62. The van der Waals surface area contributed by atoms with Gasteiger partial charge in [-0.3, -0.25) is 19.9 Å². The van der Waals surface area contributed by atoms with E-state index in [0.717, 1.165) is 23.4 Å². The van der Waals surface area contributed by atoms with Crippen molar-refractivity contribution in [3.8, 4) is 0 Å². The van der Waals surface area contributed by atoms with E-state index < -0.39 is 10.0 Å². The molecule has 0 saturated carbocycles. The van der Waals surface area contributed by atoms with Gasteiger partial charge in [0, 0.05) is 42.7 Å². The first-order valence-corrected chi connectivity index (χ1v) is 13.3. The molecule has 2 aliphatic heterocycles. The van der Waals surface area contributed by atoms with Gasteiger partial charge in [-0.25, -0.2) is 13.4 Å². The summed E-state index contributed by atoms with van der Waals surface area (Å²) in [6.45, 7) is 1.96. The number of carbonyl (C=O) groups is 2. The van der Waals surface area contributed by atoms with Crippen molar-refractivity contribution in [2.75, 3.05) is 25.0 Å². The average molecular weight is 498 g/mol. The Morgan fingerprint density at radius 1 is 1.00 bits per heavy atom. The number of pyridine rings is 1. The van der Waals surface area contributed by atoms with E-state index in [1.165, 1.54) is 27.8 Å². The van der Waals surface area contributed by atoms with Crippen LogP contribution in [0.5, 0.6) is 0 Å². The molecule has 1 N–H and O–H groups in total. The predicted molar refractivity (Wildman–Crippen MR) is 127 cm³/mol. The van der Waals surface area contributed by atoms with E-state index >= 15 is 0 Å². The van der Waals surface area contributed by atoms with Crippen molar-refractivity contribution in [2.24, 2.45) is 0 Å². The minimum Gasteiger partial charge on any atom is -0.333 e. The highest BCUT2D eigenvalue weighted by atomic mass is 32.2. The Morgan fingerprint density at radius 2 is 1.76 bits per heavy atom. The van der Waals surface area contributed by atoms with Gasteiger partial charge in [0.2, 0.25) is 10.0 Å². The van der Waals surface area contributed by atoms with Crippen LogP contribution in [-0.4, -0.2) is 59.0 Å². The normalized spacial score (nSPS) is 16.3. The number of anilines is 1. The molecule has 11 heteroatoms. The van der Waals surface area contributed by atoms with Crippen LogP contribution in [0.15, 0.2) is 53.6 Å². The number of thiazole rings is 1. The van der Waals surface area contributed by atoms with Crippen LogP contribution in [0.2, 0.25) is 0 Å². The lowest BCUT2D eigenvalue weighted by Gasteiger charge is -2.26. The number of nitrogens with one attached hydrogen (secondary N) is 1. The van der Waals surface area contributed by atoms with Gasteiger partial charge < -0.3 is 4.90 Å². The number of aromatic nitrogens is 2. The number of carbonyl (C=O) groups excluding carboxylic acids is 2. The predicted octanol–water partition coefficient (Wildman–Crippen LogP) is 2.77. The fourth-order valence-electron chi connectivity index (χ4n) is 4.11. The Labute approximate surface area is 201 Å². The highest BCUT2D eigenvalue weighted by Gasteiger charge is 2.29. The molecule has 176 valence electrons. The summed E-state index contributed by atoms with van der Waals surface area (Å²) in [6, 6.07) is 11.3. The number of sulfonamides is 1. The third-order valence-electron chi connectivity index (χ3n) is 5.94. The van der Waals surface area contributed by atoms with E-state index in [1.807, 2.05) is 0 Å².